The molecule has 1 saturated heterocycles. The molecule has 0 aromatic heterocycles. The van der Waals surface area contributed by atoms with E-state index in [-0.39, 0.29) is 5.82 Å². The molecule has 0 saturated carbocycles. The average Bonchev–Trinajstić information content (AvgIpc) is 2.20. The highest BCUT2D eigenvalue weighted by molar-refractivity contribution is 5.20. The Labute approximate surface area is 84.3 Å². The van der Waals surface area contributed by atoms with Crippen LogP contribution in [0, 0.1) is 11.7 Å². The maximum absolute atomic E-state index is 12.7. The number of benzene rings is 1. The van der Waals surface area contributed by atoms with Crippen molar-refractivity contribution in [3.63, 3.8) is 0 Å². The third kappa shape index (κ3) is 1.95. The molecule has 2 rings (SSSR count). The number of rotatable bonds is 1. The van der Waals surface area contributed by atoms with Crippen LogP contribution in [0.15, 0.2) is 24.3 Å². The van der Waals surface area contributed by atoms with Crippen molar-refractivity contribution >= 4 is 0 Å². The van der Waals surface area contributed by atoms with Crippen LogP contribution in [-0.4, -0.2) is 6.54 Å². The van der Waals surface area contributed by atoms with Crippen molar-refractivity contribution in [3.8, 4) is 0 Å². The van der Waals surface area contributed by atoms with Gasteiger partial charge < -0.3 is 5.32 Å². The lowest BCUT2D eigenvalue weighted by Gasteiger charge is -2.30. The number of hydrogen-bond donors (Lipinski definition) is 1. The zero-order chi connectivity index (χ0) is 9.97. The Bertz CT molecular complexity index is 294. The van der Waals surface area contributed by atoms with Crippen LogP contribution in [0.3, 0.4) is 0 Å². The van der Waals surface area contributed by atoms with Crippen molar-refractivity contribution < 1.29 is 4.39 Å². The molecule has 1 aliphatic heterocycles. The van der Waals surface area contributed by atoms with Crippen LogP contribution >= 0.6 is 0 Å². The Hall–Kier alpha value is -0.890. The van der Waals surface area contributed by atoms with Gasteiger partial charge in [-0.3, -0.25) is 0 Å². The third-order valence-electron chi connectivity index (χ3n) is 3.00. The van der Waals surface area contributed by atoms with Gasteiger partial charge in [0.15, 0.2) is 0 Å². The van der Waals surface area contributed by atoms with Crippen LogP contribution in [-0.2, 0) is 0 Å². The first-order valence-corrected chi connectivity index (χ1v) is 5.26. The van der Waals surface area contributed by atoms with E-state index in [9.17, 15) is 4.39 Å². The molecule has 0 amide bonds. The third-order valence-corrected chi connectivity index (χ3v) is 3.00. The molecule has 1 aromatic rings. The van der Waals surface area contributed by atoms with Gasteiger partial charge in [0.2, 0.25) is 0 Å². The molecular weight excluding hydrogens is 177 g/mol. The molecule has 1 aliphatic rings. The Morgan fingerprint density at radius 2 is 2.00 bits per heavy atom. The number of hydrogen-bond acceptors (Lipinski definition) is 1. The fourth-order valence-electron chi connectivity index (χ4n) is 2.17. The summed E-state index contributed by atoms with van der Waals surface area (Å²) in [7, 11) is 0. The molecule has 1 fully saturated rings. The SMILES string of the molecule is CC1CCCNC1c1ccc(F)cc1. The van der Waals surface area contributed by atoms with Gasteiger partial charge in [-0.2, -0.15) is 0 Å². The van der Waals surface area contributed by atoms with E-state index in [0.29, 0.717) is 12.0 Å². The fraction of sp³-hybridized carbons (Fsp3) is 0.500. The first-order chi connectivity index (χ1) is 6.77. The molecule has 0 bridgehead atoms. The number of piperidine rings is 1. The van der Waals surface area contributed by atoms with Gasteiger partial charge in [-0.15, -0.1) is 0 Å². The van der Waals surface area contributed by atoms with Gasteiger partial charge >= 0.3 is 0 Å². The smallest absolute Gasteiger partial charge is 0.123 e. The van der Waals surface area contributed by atoms with Crippen LogP contribution in [0.25, 0.3) is 0 Å². The molecule has 76 valence electrons. The monoisotopic (exact) mass is 193 g/mol. The fourth-order valence-corrected chi connectivity index (χ4v) is 2.17. The molecule has 2 unspecified atom stereocenters. The lowest BCUT2D eigenvalue weighted by molar-refractivity contribution is 0.305. The summed E-state index contributed by atoms with van der Waals surface area (Å²) in [6.45, 7) is 3.33. The number of halogens is 1. The predicted molar refractivity (Wildman–Crippen MR) is 55.5 cm³/mol. The standard InChI is InChI=1S/C12H16FN/c1-9-3-2-8-14-12(9)10-4-6-11(13)7-5-10/h4-7,9,12,14H,2-3,8H2,1H3. The lowest BCUT2D eigenvalue weighted by atomic mass is 9.88. The molecular formula is C12H16FN. The van der Waals surface area contributed by atoms with Crippen LogP contribution in [0.1, 0.15) is 31.4 Å². The zero-order valence-electron chi connectivity index (χ0n) is 8.46. The minimum atomic E-state index is -0.155. The second-order valence-corrected chi connectivity index (χ2v) is 4.10. The maximum atomic E-state index is 12.7. The van der Waals surface area contributed by atoms with Gasteiger partial charge in [0, 0.05) is 6.04 Å². The highest BCUT2D eigenvalue weighted by Crippen LogP contribution is 2.28. The quantitative estimate of drug-likeness (QED) is 0.723. The summed E-state index contributed by atoms with van der Waals surface area (Å²) in [5, 5.41) is 3.48. The summed E-state index contributed by atoms with van der Waals surface area (Å²) in [6, 6.07) is 7.25. The largest absolute Gasteiger partial charge is 0.310 e. The highest BCUT2D eigenvalue weighted by atomic mass is 19.1. The molecule has 0 radical (unpaired) electrons. The van der Waals surface area contributed by atoms with Crippen molar-refractivity contribution in [2.24, 2.45) is 5.92 Å². The minimum Gasteiger partial charge on any atom is -0.310 e. The lowest BCUT2D eigenvalue weighted by Crippen LogP contribution is -2.32. The molecule has 0 spiro atoms. The normalized spacial score (nSPS) is 27.6. The Balaban J connectivity index is 2.16. The molecule has 0 aliphatic carbocycles. The highest BCUT2D eigenvalue weighted by Gasteiger charge is 2.21. The Morgan fingerprint density at radius 1 is 1.29 bits per heavy atom. The van der Waals surface area contributed by atoms with E-state index in [0.717, 1.165) is 6.54 Å². The van der Waals surface area contributed by atoms with E-state index in [4.69, 9.17) is 0 Å². The first kappa shape index (κ1) is 9.66. The number of nitrogens with one attached hydrogen (secondary N) is 1. The second-order valence-electron chi connectivity index (χ2n) is 4.10. The van der Waals surface area contributed by atoms with E-state index in [1.807, 2.05) is 12.1 Å². The average molecular weight is 193 g/mol. The Kier molecular flexibility index (Phi) is 2.82. The molecule has 2 atom stereocenters. The van der Waals surface area contributed by atoms with Crippen molar-refractivity contribution in [1.29, 1.82) is 0 Å². The van der Waals surface area contributed by atoms with Gasteiger partial charge in [-0.1, -0.05) is 19.1 Å². The molecule has 14 heavy (non-hydrogen) atoms. The molecule has 1 aromatic carbocycles. The Morgan fingerprint density at radius 3 is 2.64 bits per heavy atom. The van der Waals surface area contributed by atoms with E-state index in [1.54, 1.807) is 12.1 Å². The van der Waals surface area contributed by atoms with E-state index in [1.165, 1.54) is 18.4 Å². The van der Waals surface area contributed by atoms with Crippen molar-refractivity contribution in [2.75, 3.05) is 6.54 Å². The summed E-state index contributed by atoms with van der Waals surface area (Å²) in [5.74, 6) is 0.492. The van der Waals surface area contributed by atoms with Crippen LogP contribution in [0.5, 0.6) is 0 Å². The van der Waals surface area contributed by atoms with Gasteiger partial charge in [-0.25, -0.2) is 4.39 Å². The van der Waals surface area contributed by atoms with Gasteiger partial charge in [0.1, 0.15) is 5.82 Å². The topological polar surface area (TPSA) is 12.0 Å². The summed E-state index contributed by atoms with van der Waals surface area (Å²) >= 11 is 0. The van der Waals surface area contributed by atoms with Crippen LogP contribution in [0.4, 0.5) is 4.39 Å². The van der Waals surface area contributed by atoms with E-state index < -0.39 is 0 Å². The van der Waals surface area contributed by atoms with Crippen LogP contribution < -0.4 is 5.32 Å². The summed E-state index contributed by atoms with van der Waals surface area (Å²) in [5.41, 5.74) is 1.21. The van der Waals surface area contributed by atoms with Gasteiger partial charge in [0.05, 0.1) is 0 Å². The first-order valence-electron chi connectivity index (χ1n) is 5.26. The predicted octanol–water partition coefficient (Wildman–Crippen LogP) is 2.89. The summed E-state index contributed by atoms with van der Waals surface area (Å²) in [4.78, 5) is 0. The van der Waals surface area contributed by atoms with Gasteiger partial charge in [0.25, 0.3) is 0 Å². The van der Waals surface area contributed by atoms with Gasteiger partial charge in [-0.05, 0) is 43.0 Å². The molecule has 1 heterocycles. The summed E-state index contributed by atoms with van der Waals surface area (Å²) in [6.07, 6.45) is 2.51. The van der Waals surface area contributed by atoms with Crippen molar-refractivity contribution in [2.45, 2.75) is 25.8 Å². The molecule has 2 heteroatoms. The minimum absolute atomic E-state index is 0.155. The van der Waals surface area contributed by atoms with E-state index in [2.05, 4.69) is 12.2 Å². The zero-order valence-corrected chi connectivity index (χ0v) is 8.46. The molecule has 1 N–H and O–H groups in total. The maximum Gasteiger partial charge on any atom is 0.123 e. The summed E-state index contributed by atoms with van der Waals surface area (Å²) < 4.78 is 12.7. The second kappa shape index (κ2) is 4.09. The van der Waals surface area contributed by atoms with Crippen molar-refractivity contribution in [1.82, 2.24) is 5.32 Å². The van der Waals surface area contributed by atoms with Crippen molar-refractivity contribution in [3.05, 3.63) is 35.6 Å². The van der Waals surface area contributed by atoms with E-state index >= 15 is 0 Å². The molecule has 1 nitrogen and oxygen atoms in total. The van der Waals surface area contributed by atoms with Crippen LogP contribution in [0.2, 0.25) is 0 Å².